The predicted molar refractivity (Wildman–Crippen MR) is 135 cm³/mol. The molecule has 1 saturated carbocycles. The Morgan fingerprint density at radius 3 is 2.60 bits per heavy atom. The van der Waals surface area contributed by atoms with Crippen molar-refractivity contribution in [3.63, 3.8) is 0 Å². The number of nitrogens with zero attached hydrogens (tertiary/aromatic N) is 3. The largest absolute Gasteiger partial charge is 0.369 e. The molecule has 7 heteroatoms. The van der Waals surface area contributed by atoms with Crippen LogP contribution in [-0.2, 0) is 13.6 Å². The van der Waals surface area contributed by atoms with Gasteiger partial charge in [0.1, 0.15) is 5.82 Å². The normalized spacial score (nSPS) is 18.6. The summed E-state index contributed by atoms with van der Waals surface area (Å²) in [5.41, 5.74) is 4.66. The van der Waals surface area contributed by atoms with Crippen LogP contribution >= 0.6 is 0 Å². The molecule has 0 radical (unpaired) electrons. The third kappa shape index (κ3) is 4.90. The summed E-state index contributed by atoms with van der Waals surface area (Å²) >= 11 is 0. The van der Waals surface area contributed by atoms with E-state index in [-0.39, 0.29) is 17.8 Å². The van der Waals surface area contributed by atoms with Crippen molar-refractivity contribution in [2.75, 3.05) is 11.4 Å². The number of aromatic nitrogens is 2. The number of rotatable bonds is 7. The first kappa shape index (κ1) is 23.4. The van der Waals surface area contributed by atoms with Crippen molar-refractivity contribution in [3.8, 4) is 0 Å². The minimum atomic E-state index is -0.223. The van der Waals surface area contributed by atoms with Crippen molar-refractivity contribution < 1.29 is 9.18 Å². The maximum absolute atomic E-state index is 13.9. The number of anilines is 1. The minimum Gasteiger partial charge on any atom is -0.369 e. The lowest BCUT2D eigenvalue weighted by Crippen LogP contribution is -2.31. The monoisotopic (exact) mass is 475 g/mol. The van der Waals surface area contributed by atoms with Gasteiger partial charge in [0.15, 0.2) is 0 Å². The lowest BCUT2D eigenvalue weighted by Gasteiger charge is -2.26. The predicted octanol–water partition coefficient (Wildman–Crippen LogP) is 4.67. The van der Waals surface area contributed by atoms with Crippen molar-refractivity contribution in [2.45, 2.75) is 58.2 Å². The second-order valence-electron chi connectivity index (χ2n) is 10.2. The lowest BCUT2D eigenvalue weighted by atomic mass is 9.99. The van der Waals surface area contributed by atoms with Gasteiger partial charge in [-0.1, -0.05) is 12.1 Å². The number of carbonyl (C=O) groups is 1. The Kier molecular flexibility index (Phi) is 6.26. The molecule has 184 valence electrons. The van der Waals surface area contributed by atoms with Crippen LogP contribution in [0.2, 0.25) is 0 Å². The van der Waals surface area contributed by atoms with E-state index in [0.29, 0.717) is 35.2 Å². The van der Waals surface area contributed by atoms with Crippen molar-refractivity contribution in [1.82, 2.24) is 14.5 Å². The Bertz CT molecular complexity index is 1300. The molecule has 2 aliphatic rings. The van der Waals surface area contributed by atoms with Crippen LogP contribution in [0.1, 0.15) is 65.7 Å². The molecule has 1 aliphatic heterocycles. The van der Waals surface area contributed by atoms with Gasteiger partial charge in [-0.3, -0.25) is 10.2 Å². The lowest BCUT2D eigenvalue weighted by molar-refractivity contribution is 0.0931. The van der Waals surface area contributed by atoms with E-state index in [1.54, 1.807) is 17.6 Å². The van der Waals surface area contributed by atoms with Crippen molar-refractivity contribution >= 4 is 11.6 Å². The first-order chi connectivity index (χ1) is 16.8. The Balaban J connectivity index is 1.47. The molecule has 3 aromatic rings. The molecule has 0 bridgehead atoms. The molecule has 1 aliphatic carbocycles. The number of halogens is 1. The Hall–Kier alpha value is -3.35. The number of carbonyl (C=O) groups excluding carboxylic acids is 1. The summed E-state index contributed by atoms with van der Waals surface area (Å²) in [5, 5.41) is 11.6. The van der Waals surface area contributed by atoms with Gasteiger partial charge in [-0.05, 0) is 86.4 Å². The van der Waals surface area contributed by atoms with Gasteiger partial charge in [0.05, 0.1) is 12.6 Å². The maximum Gasteiger partial charge on any atom is 0.251 e. The highest BCUT2D eigenvalue weighted by Gasteiger charge is 2.34. The first-order valence-electron chi connectivity index (χ1n) is 12.5. The molecule has 2 aromatic carbocycles. The summed E-state index contributed by atoms with van der Waals surface area (Å²) in [6.45, 7) is 5.50. The summed E-state index contributed by atoms with van der Waals surface area (Å²) in [6.07, 6.45) is 8.18. The second-order valence-corrected chi connectivity index (χ2v) is 10.2. The molecule has 2 heterocycles. The summed E-state index contributed by atoms with van der Waals surface area (Å²) in [4.78, 5) is 16.0. The molecule has 1 amide bonds. The summed E-state index contributed by atoms with van der Waals surface area (Å²) in [6, 6.07) is 11.5. The maximum atomic E-state index is 13.9. The number of benzene rings is 2. The fourth-order valence-electron chi connectivity index (χ4n) is 5.22. The van der Waals surface area contributed by atoms with Crippen LogP contribution in [0.25, 0.3) is 0 Å². The van der Waals surface area contributed by atoms with Crippen LogP contribution in [0.4, 0.5) is 10.1 Å². The first-order valence-corrected chi connectivity index (χ1v) is 12.5. The third-order valence-electron chi connectivity index (χ3n) is 7.47. The van der Waals surface area contributed by atoms with E-state index in [1.807, 2.05) is 42.2 Å². The summed E-state index contributed by atoms with van der Waals surface area (Å²) < 4.78 is 17.5. The fraction of sp³-hybridized carbons (Fsp3) is 0.429. The van der Waals surface area contributed by atoms with Crippen LogP contribution in [-0.4, -0.2) is 27.6 Å². The zero-order chi connectivity index (χ0) is 24.7. The van der Waals surface area contributed by atoms with Crippen LogP contribution < -0.4 is 15.8 Å². The second kappa shape index (κ2) is 9.36. The zero-order valence-electron chi connectivity index (χ0n) is 20.7. The molecule has 2 N–H and O–H groups in total. The van der Waals surface area contributed by atoms with E-state index in [1.165, 1.54) is 6.07 Å². The van der Waals surface area contributed by atoms with Gasteiger partial charge >= 0.3 is 0 Å². The van der Waals surface area contributed by atoms with E-state index in [4.69, 9.17) is 5.41 Å². The smallest absolute Gasteiger partial charge is 0.251 e. The SMILES string of the molecule is Cc1cc([C@@H](NC(=O)c2cc(Cn3ccn(C)c3=N)cc(N3CCCC3C)c2)C2CC2)ccc1F. The molecular weight excluding hydrogens is 441 g/mol. The average Bonchev–Trinajstić information content (AvgIpc) is 3.52. The van der Waals surface area contributed by atoms with Gasteiger partial charge in [0.2, 0.25) is 5.62 Å². The van der Waals surface area contributed by atoms with E-state index < -0.39 is 0 Å². The quantitative estimate of drug-likeness (QED) is 0.522. The number of hydrogen-bond acceptors (Lipinski definition) is 3. The molecule has 1 unspecified atom stereocenters. The van der Waals surface area contributed by atoms with Gasteiger partial charge in [-0.25, -0.2) is 4.39 Å². The van der Waals surface area contributed by atoms with Crippen LogP contribution in [0.5, 0.6) is 0 Å². The summed E-state index contributed by atoms with van der Waals surface area (Å²) in [5.74, 6) is 0.0534. The molecule has 35 heavy (non-hydrogen) atoms. The fourth-order valence-corrected chi connectivity index (χ4v) is 5.22. The van der Waals surface area contributed by atoms with Gasteiger partial charge in [0.25, 0.3) is 5.91 Å². The van der Waals surface area contributed by atoms with Gasteiger partial charge < -0.3 is 19.4 Å². The highest BCUT2D eigenvalue weighted by molar-refractivity contribution is 5.95. The number of imidazole rings is 1. The van der Waals surface area contributed by atoms with E-state index in [9.17, 15) is 9.18 Å². The highest BCUT2D eigenvalue weighted by atomic mass is 19.1. The van der Waals surface area contributed by atoms with Crippen LogP contribution in [0.3, 0.4) is 0 Å². The highest BCUT2D eigenvalue weighted by Crippen LogP contribution is 2.41. The molecule has 0 spiro atoms. The van der Waals surface area contributed by atoms with Crippen molar-refractivity contribution in [2.24, 2.45) is 13.0 Å². The number of nitrogens with one attached hydrogen (secondary N) is 2. The Morgan fingerprint density at radius 1 is 1.17 bits per heavy atom. The molecule has 2 atom stereocenters. The Labute approximate surface area is 205 Å². The Morgan fingerprint density at radius 2 is 1.97 bits per heavy atom. The molecule has 5 rings (SSSR count). The van der Waals surface area contributed by atoms with Gasteiger partial charge in [0, 0.05) is 43.3 Å². The van der Waals surface area contributed by atoms with E-state index >= 15 is 0 Å². The zero-order valence-corrected chi connectivity index (χ0v) is 20.7. The van der Waals surface area contributed by atoms with Crippen LogP contribution in [0, 0.1) is 24.1 Å². The number of aryl methyl sites for hydroxylation is 2. The third-order valence-corrected chi connectivity index (χ3v) is 7.47. The van der Waals surface area contributed by atoms with Crippen molar-refractivity contribution in [1.29, 1.82) is 5.41 Å². The number of amides is 1. The average molecular weight is 476 g/mol. The molecule has 2 fully saturated rings. The van der Waals surface area contributed by atoms with Crippen LogP contribution in [0.15, 0.2) is 48.8 Å². The molecular formula is C28H34FN5O. The standard InChI is InChI=1S/C28H34FN5O/c1-18-13-22(8-9-25(18)29)26(21-6-7-21)31-27(35)23-14-20(17-33-12-11-32(3)28(33)30)15-24(16-23)34-10-4-5-19(34)2/h8-9,11-16,19,21,26,30H,4-7,10,17H2,1-3H3,(H,31,35)/t19?,26-/m0/s1. The molecule has 1 aromatic heterocycles. The molecule has 1 saturated heterocycles. The minimum absolute atomic E-state index is 0.108. The summed E-state index contributed by atoms with van der Waals surface area (Å²) in [7, 11) is 1.86. The van der Waals surface area contributed by atoms with Crippen molar-refractivity contribution in [3.05, 3.63) is 82.5 Å². The van der Waals surface area contributed by atoms with E-state index in [0.717, 1.165) is 49.0 Å². The topological polar surface area (TPSA) is 66.0 Å². The number of hydrogen-bond donors (Lipinski definition) is 2. The molecule has 6 nitrogen and oxygen atoms in total. The van der Waals surface area contributed by atoms with Gasteiger partial charge in [-0.15, -0.1) is 0 Å². The van der Waals surface area contributed by atoms with Gasteiger partial charge in [-0.2, -0.15) is 0 Å². The van der Waals surface area contributed by atoms with E-state index in [2.05, 4.69) is 23.2 Å².